The number of anilines is 1. The summed E-state index contributed by atoms with van der Waals surface area (Å²) in [7, 11) is 0. The molecule has 0 unspecified atom stereocenters. The van der Waals surface area contributed by atoms with E-state index < -0.39 is 10.9 Å². The Labute approximate surface area is 188 Å². The summed E-state index contributed by atoms with van der Waals surface area (Å²) in [5.41, 5.74) is 3.91. The lowest BCUT2D eigenvalue weighted by atomic mass is 10.1. The maximum Gasteiger partial charge on any atom is 0.315 e. The second kappa shape index (κ2) is 8.91. The number of nitro benzene ring substituents is 1. The second-order valence-electron chi connectivity index (χ2n) is 7.52. The average Bonchev–Trinajstić information content (AvgIpc) is 3.18. The molecule has 2 heterocycles. The van der Waals surface area contributed by atoms with Gasteiger partial charge in [-0.1, -0.05) is 12.1 Å². The maximum atomic E-state index is 12.9. The van der Waals surface area contributed by atoms with Crippen LogP contribution in [0, 0.1) is 24.0 Å². The van der Waals surface area contributed by atoms with Crippen molar-refractivity contribution in [2.75, 3.05) is 5.32 Å². The predicted octanol–water partition coefficient (Wildman–Crippen LogP) is 4.26. The highest BCUT2D eigenvalue weighted by Crippen LogP contribution is 2.20. The number of nitrogens with one attached hydrogen (secondary N) is 1. The van der Waals surface area contributed by atoms with E-state index >= 15 is 0 Å². The first kappa shape index (κ1) is 21.7. The maximum absolute atomic E-state index is 12.9. The highest BCUT2D eigenvalue weighted by atomic mass is 16.6. The number of nitrogens with zero attached hydrogens (tertiary/aromatic N) is 3. The van der Waals surface area contributed by atoms with Gasteiger partial charge >= 0.3 is 5.97 Å². The molecule has 0 spiro atoms. The second-order valence-corrected chi connectivity index (χ2v) is 7.52. The summed E-state index contributed by atoms with van der Waals surface area (Å²) in [5.74, 6) is -0.616. The van der Waals surface area contributed by atoms with Crippen molar-refractivity contribution in [3.8, 4) is 5.75 Å². The minimum atomic E-state index is -0.527. The molecule has 4 rings (SSSR count). The van der Waals surface area contributed by atoms with Gasteiger partial charge in [0.1, 0.15) is 11.4 Å². The quantitative estimate of drug-likeness (QED) is 0.206. The minimum absolute atomic E-state index is 0.0319. The molecule has 0 atom stereocenters. The molecule has 0 aliphatic heterocycles. The van der Waals surface area contributed by atoms with Crippen molar-refractivity contribution in [3.05, 3.63) is 99.5 Å². The van der Waals surface area contributed by atoms with Gasteiger partial charge in [0, 0.05) is 35.4 Å². The molecule has 166 valence electrons. The minimum Gasteiger partial charge on any atom is -0.426 e. The van der Waals surface area contributed by atoms with Gasteiger partial charge in [-0.25, -0.2) is 4.98 Å². The van der Waals surface area contributed by atoms with Gasteiger partial charge in [-0.2, -0.15) is 0 Å². The first-order valence-electron chi connectivity index (χ1n) is 10.1. The van der Waals surface area contributed by atoms with Crippen LogP contribution in [0.2, 0.25) is 0 Å². The number of rotatable bonds is 6. The number of amides is 1. The SMILES string of the molecule is Cc1cc(C)n2ccc(C(=O)Nc3cccc(CC(=O)Oc4ccc([N+](=O)[O-])cc4)c3)c2n1. The van der Waals surface area contributed by atoms with Gasteiger partial charge < -0.3 is 14.5 Å². The molecule has 0 saturated heterocycles. The molecule has 0 aliphatic carbocycles. The largest absolute Gasteiger partial charge is 0.426 e. The third kappa shape index (κ3) is 4.87. The van der Waals surface area contributed by atoms with Crippen LogP contribution in [0.4, 0.5) is 11.4 Å². The number of hydrogen-bond acceptors (Lipinski definition) is 6. The number of ether oxygens (including phenoxy) is 1. The van der Waals surface area contributed by atoms with E-state index in [0.717, 1.165) is 11.4 Å². The molecule has 9 heteroatoms. The van der Waals surface area contributed by atoms with Crippen LogP contribution in [0.25, 0.3) is 5.65 Å². The summed E-state index contributed by atoms with van der Waals surface area (Å²) in [4.78, 5) is 39.8. The summed E-state index contributed by atoms with van der Waals surface area (Å²) in [6, 6.07) is 15.8. The van der Waals surface area contributed by atoms with E-state index in [4.69, 9.17) is 4.74 Å². The van der Waals surface area contributed by atoms with Gasteiger partial charge in [0.05, 0.1) is 16.9 Å². The molecule has 0 aliphatic rings. The van der Waals surface area contributed by atoms with Crippen LogP contribution in [0.5, 0.6) is 5.75 Å². The number of hydrogen-bond donors (Lipinski definition) is 1. The predicted molar refractivity (Wildman–Crippen MR) is 121 cm³/mol. The molecule has 33 heavy (non-hydrogen) atoms. The molecule has 4 aromatic rings. The number of non-ortho nitro benzene ring substituents is 1. The van der Waals surface area contributed by atoms with E-state index in [9.17, 15) is 19.7 Å². The van der Waals surface area contributed by atoms with Crippen molar-refractivity contribution >= 4 is 28.9 Å². The zero-order chi connectivity index (χ0) is 23.5. The Hall–Kier alpha value is -4.53. The Balaban J connectivity index is 1.44. The van der Waals surface area contributed by atoms with Crippen molar-refractivity contribution in [2.45, 2.75) is 20.3 Å². The van der Waals surface area contributed by atoms with Crippen LogP contribution < -0.4 is 10.1 Å². The third-order valence-electron chi connectivity index (χ3n) is 5.00. The van der Waals surface area contributed by atoms with Crippen molar-refractivity contribution in [1.82, 2.24) is 9.38 Å². The fourth-order valence-corrected chi connectivity index (χ4v) is 3.50. The lowest BCUT2D eigenvalue weighted by molar-refractivity contribution is -0.384. The summed E-state index contributed by atoms with van der Waals surface area (Å²) in [6.07, 6.45) is 1.77. The average molecular weight is 444 g/mol. The first-order valence-corrected chi connectivity index (χ1v) is 10.1. The van der Waals surface area contributed by atoms with Gasteiger partial charge in [0.15, 0.2) is 0 Å². The van der Waals surface area contributed by atoms with Crippen LogP contribution in [-0.2, 0) is 11.2 Å². The van der Waals surface area contributed by atoms with E-state index in [2.05, 4.69) is 10.3 Å². The Morgan fingerprint density at radius 3 is 2.58 bits per heavy atom. The van der Waals surface area contributed by atoms with Crippen molar-refractivity contribution in [1.29, 1.82) is 0 Å². The third-order valence-corrected chi connectivity index (χ3v) is 5.00. The standard InChI is InChI=1S/C24H20N4O5/c1-15-12-16(2)27-11-10-21(23(27)25-15)24(30)26-18-5-3-4-17(13-18)14-22(29)33-20-8-6-19(7-9-20)28(31)32/h3-13H,14H2,1-2H3,(H,26,30). The highest BCUT2D eigenvalue weighted by Gasteiger charge is 2.15. The Kier molecular flexibility index (Phi) is 5.86. The molecule has 0 bridgehead atoms. The van der Waals surface area contributed by atoms with Crippen LogP contribution in [0.3, 0.4) is 0 Å². The fraction of sp³-hybridized carbons (Fsp3) is 0.125. The van der Waals surface area contributed by atoms with Crippen molar-refractivity contribution in [2.24, 2.45) is 0 Å². The molecule has 0 saturated carbocycles. The van der Waals surface area contributed by atoms with Crippen molar-refractivity contribution in [3.63, 3.8) is 0 Å². The molecule has 0 fully saturated rings. The number of benzene rings is 2. The van der Waals surface area contributed by atoms with Gasteiger partial charge in [-0.3, -0.25) is 19.7 Å². The molecule has 2 aromatic carbocycles. The molecular weight excluding hydrogens is 424 g/mol. The summed E-state index contributed by atoms with van der Waals surface area (Å²) < 4.78 is 7.10. The molecular formula is C24H20N4O5. The monoisotopic (exact) mass is 444 g/mol. The van der Waals surface area contributed by atoms with E-state index in [1.165, 1.54) is 24.3 Å². The van der Waals surface area contributed by atoms with E-state index in [0.29, 0.717) is 22.5 Å². The Morgan fingerprint density at radius 1 is 1.09 bits per heavy atom. The van der Waals surface area contributed by atoms with Gasteiger partial charge in [0.2, 0.25) is 0 Å². The fourth-order valence-electron chi connectivity index (χ4n) is 3.50. The Morgan fingerprint density at radius 2 is 1.85 bits per heavy atom. The van der Waals surface area contributed by atoms with Crippen LogP contribution >= 0.6 is 0 Å². The number of carbonyl (C=O) groups is 2. The van der Waals surface area contributed by atoms with Crippen molar-refractivity contribution < 1.29 is 19.2 Å². The topological polar surface area (TPSA) is 116 Å². The van der Waals surface area contributed by atoms with Gasteiger partial charge in [-0.15, -0.1) is 0 Å². The van der Waals surface area contributed by atoms with Crippen LogP contribution in [0.15, 0.2) is 66.9 Å². The van der Waals surface area contributed by atoms with Crippen LogP contribution in [-0.4, -0.2) is 26.2 Å². The van der Waals surface area contributed by atoms with E-state index in [1.807, 2.05) is 24.3 Å². The van der Waals surface area contributed by atoms with Gasteiger partial charge in [-0.05, 0) is 55.8 Å². The first-order chi connectivity index (χ1) is 15.8. The number of nitro groups is 1. The number of aromatic nitrogens is 2. The van der Waals surface area contributed by atoms with E-state index in [-0.39, 0.29) is 23.8 Å². The number of aryl methyl sites for hydroxylation is 2. The normalized spacial score (nSPS) is 10.7. The van der Waals surface area contributed by atoms with Gasteiger partial charge in [0.25, 0.3) is 11.6 Å². The zero-order valence-electron chi connectivity index (χ0n) is 17.9. The number of esters is 1. The number of fused-ring (bicyclic) bond motifs is 1. The molecule has 1 amide bonds. The molecule has 1 N–H and O–H groups in total. The van der Waals surface area contributed by atoms with E-state index in [1.54, 1.807) is 36.5 Å². The summed E-state index contributed by atoms with van der Waals surface area (Å²) in [6.45, 7) is 3.82. The molecule has 2 aromatic heterocycles. The zero-order valence-corrected chi connectivity index (χ0v) is 17.9. The highest BCUT2D eigenvalue weighted by molar-refractivity contribution is 6.08. The molecule has 9 nitrogen and oxygen atoms in total. The lowest BCUT2D eigenvalue weighted by Gasteiger charge is -2.08. The van der Waals surface area contributed by atoms with Crippen LogP contribution in [0.1, 0.15) is 27.3 Å². The smallest absolute Gasteiger partial charge is 0.315 e. The summed E-state index contributed by atoms with van der Waals surface area (Å²) in [5, 5.41) is 13.6. The lowest BCUT2D eigenvalue weighted by Crippen LogP contribution is -2.14. The number of carbonyl (C=O) groups excluding carboxylic acids is 2. The molecule has 0 radical (unpaired) electrons. The Bertz CT molecular complexity index is 1380. The summed E-state index contributed by atoms with van der Waals surface area (Å²) >= 11 is 0.